The molecule has 0 spiro atoms. The first-order valence-corrected chi connectivity index (χ1v) is 13.3. The van der Waals surface area contributed by atoms with Gasteiger partial charge in [-0.05, 0) is 37.6 Å². The summed E-state index contributed by atoms with van der Waals surface area (Å²) in [7, 11) is 1.57. The number of methoxy groups -OCH3 is 1. The van der Waals surface area contributed by atoms with Crippen LogP contribution < -0.4 is 19.7 Å². The van der Waals surface area contributed by atoms with E-state index in [1.54, 1.807) is 60.0 Å². The number of nitrogens with one attached hydrogen (secondary N) is 1. The summed E-state index contributed by atoms with van der Waals surface area (Å²) in [6.45, 7) is 7.62. The Hall–Kier alpha value is -5.33. The molecule has 0 atom stereocenters. The third kappa shape index (κ3) is 5.11. The molecule has 6 rings (SSSR count). The number of fused-ring (bicyclic) bond motifs is 2. The van der Waals surface area contributed by atoms with E-state index < -0.39 is 5.82 Å². The first-order chi connectivity index (χ1) is 20.4. The van der Waals surface area contributed by atoms with Gasteiger partial charge in [0.25, 0.3) is 0 Å². The van der Waals surface area contributed by atoms with Crippen molar-refractivity contribution in [3.63, 3.8) is 0 Å². The molecule has 1 aliphatic rings. The van der Waals surface area contributed by atoms with Gasteiger partial charge in [0.2, 0.25) is 5.91 Å². The maximum absolute atomic E-state index is 15.6. The summed E-state index contributed by atoms with van der Waals surface area (Å²) in [6, 6.07) is 8.52. The molecule has 12 nitrogen and oxygen atoms in total. The van der Waals surface area contributed by atoms with Gasteiger partial charge in [-0.1, -0.05) is 6.58 Å². The zero-order valence-electron chi connectivity index (χ0n) is 23.1. The molecule has 0 aliphatic carbocycles. The molecule has 5 aromatic rings. The number of hydrogen-bond acceptors (Lipinski definition) is 10. The highest BCUT2D eigenvalue weighted by Crippen LogP contribution is 2.35. The molecule has 1 aromatic carbocycles. The van der Waals surface area contributed by atoms with E-state index in [1.807, 2.05) is 0 Å². The first kappa shape index (κ1) is 26.9. The summed E-state index contributed by atoms with van der Waals surface area (Å²) in [6.07, 6.45) is 6.64. The number of nitrogens with zero attached hydrogens (tertiary/aromatic N) is 8. The lowest BCUT2D eigenvalue weighted by Crippen LogP contribution is -2.34. The second-order valence-electron chi connectivity index (χ2n) is 9.68. The average Bonchev–Trinajstić information content (AvgIpc) is 3.34. The number of amides is 1. The van der Waals surface area contributed by atoms with Crippen LogP contribution in [0.4, 0.5) is 21.7 Å². The number of pyridine rings is 2. The Morgan fingerprint density at radius 3 is 2.79 bits per heavy atom. The van der Waals surface area contributed by atoms with Gasteiger partial charge in [0, 0.05) is 50.1 Å². The number of aromatic nitrogens is 6. The number of carbonyl (C=O) groups excluding carboxylic acids is 1. The van der Waals surface area contributed by atoms with Crippen LogP contribution in [0.3, 0.4) is 0 Å². The van der Waals surface area contributed by atoms with Gasteiger partial charge in [0.1, 0.15) is 29.7 Å². The van der Waals surface area contributed by atoms with Crippen LogP contribution in [0.25, 0.3) is 16.7 Å². The molecule has 0 unspecified atom stereocenters. The second-order valence-corrected chi connectivity index (χ2v) is 9.68. The molecular weight excluding hydrogens is 541 g/mol. The minimum Gasteiger partial charge on any atom is -0.493 e. The van der Waals surface area contributed by atoms with Crippen LogP contribution >= 0.6 is 0 Å². The standard InChI is InChI=1S/C29H28FN9O3/c1-4-25(40)37-9-5-10-38(13-12-37)29-23(41-3)15-21-27(36-29)28(33-16-31-21)35-20-6-7-22(18(2)26(20)30)42-19-8-11-39-24(14-19)32-17-34-39/h4,6-8,11,14-17H,1,5,9-10,12-13H2,2-3H3,(H,31,33,35). The van der Waals surface area contributed by atoms with E-state index in [0.717, 1.165) is 6.42 Å². The van der Waals surface area contributed by atoms with Crippen molar-refractivity contribution in [1.82, 2.24) is 34.4 Å². The van der Waals surface area contributed by atoms with Crippen LogP contribution in [-0.4, -0.2) is 73.6 Å². The van der Waals surface area contributed by atoms with Crippen molar-refractivity contribution in [2.24, 2.45) is 0 Å². The fourth-order valence-corrected chi connectivity index (χ4v) is 4.89. The van der Waals surface area contributed by atoms with E-state index in [9.17, 15) is 4.79 Å². The predicted molar refractivity (Wildman–Crippen MR) is 155 cm³/mol. The van der Waals surface area contributed by atoms with Gasteiger partial charge in [-0.3, -0.25) is 4.79 Å². The molecule has 0 saturated carbocycles. The number of anilines is 3. The van der Waals surface area contributed by atoms with Crippen LogP contribution in [0.1, 0.15) is 12.0 Å². The molecule has 5 heterocycles. The van der Waals surface area contributed by atoms with Crippen molar-refractivity contribution in [1.29, 1.82) is 0 Å². The SMILES string of the molecule is C=CC(=O)N1CCCN(c2nc3c(Nc4ccc(Oc5ccn6ncnc6c5)c(C)c4F)ncnc3cc2OC)CC1. The molecule has 214 valence electrons. The summed E-state index contributed by atoms with van der Waals surface area (Å²) >= 11 is 0. The molecule has 0 bridgehead atoms. The van der Waals surface area contributed by atoms with Crippen LogP contribution in [0.2, 0.25) is 0 Å². The van der Waals surface area contributed by atoms with Gasteiger partial charge in [0.05, 0.1) is 18.3 Å². The molecule has 1 N–H and O–H groups in total. The molecule has 4 aromatic heterocycles. The Bertz CT molecular complexity index is 1810. The van der Waals surface area contributed by atoms with Crippen molar-refractivity contribution in [3.05, 3.63) is 73.2 Å². The van der Waals surface area contributed by atoms with Crippen molar-refractivity contribution in [3.8, 4) is 17.2 Å². The summed E-state index contributed by atoms with van der Waals surface area (Å²) in [4.78, 5) is 33.8. The highest BCUT2D eigenvalue weighted by molar-refractivity contribution is 5.90. The first-order valence-electron chi connectivity index (χ1n) is 13.3. The predicted octanol–water partition coefficient (Wildman–Crippen LogP) is 4.28. The Morgan fingerprint density at radius 2 is 1.95 bits per heavy atom. The lowest BCUT2D eigenvalue weighted by atomic mass is 10.1. The number of benzene rings is 1. The van der Waals surface area contributed by atoms with Gasteiger partial charge in [-0.15, -0.1) is 0 Å². The minimum atomic E-state index is -0.490. The Kier molecular flexibility index (Phi) is 7.21. The van der Waals surface area contributed by atoms with Crippen molar-refractivity contribution in [2.45, 2.75) is 13.3 Å². The molecule has 1 amide bonds. The van der Waals surface area contributed by atoms with E-state index in [0.29, 0.717) is 77.3 Å². The Balaban J connectivity index is 1.29. The van der Waals surface area contributed by atoms with Crippen LogP contribution in [0.15, 0.2) is 61.8 Å². The second kappa shape index (κ2) is 11.3. The lowest BCUT2D eigenvalue weighted by molar-refractivity contribution is -0.125. The van der Waals surface area contributed by atoms with Crippen molar-refractivity contribution >= 4 is 39.9 Å². The quantitative estimate of drug-likeness (QED) is 0.284. The fourth-order valence-electron chi connectivity index (χ4n) is 4.89. The average molecular weight is 570 g/mol. The number of carbonyl (C=O) groups is 1. The number of hydrogen-bond donors (Lipinski definition) is 1. The molecule has 13 heteroatoms. The zero-order chi connectivity index (χ0) is 29.2. The smallest absolute Gasteiger partial charge is 0.246 e. The monoisotopic (exact) mass is 569 g/mol. The summed E-state index contributed by atoms with van der Waals surface area (Å²) in [5, 5.41) is 7.16. The van der Waals surface area contributed by atoms with Crippen LogP contribution in [0, 0.1) is 12.7 Å². The van der Waals surface area contributed by atoms with Crippen molar-refractivity contribution in [2.75, 3.05) is 43.5 Å². The third-order valence-electron chi connectivity index (χ3n) is 7.13. The lowest BCUT2D eigenvalue weighted by Gasteiger charge is -2.24. The topological polar surface area (TPSA) is 123 Å². The van der Waals surface area contributed by atoms with E-state index in [2.05, 4.69) is 36.8 Å². The third-order valence-corrected chi connectivity index (χ3v) is 7.13. The van der Waals surface area contributed by atoms with E-state index >= 15 is 4.39 Å². The van der Waals surface area contributed by atoms with Gasteiger partial charge in [0.15, 0.2) is 28.8 Å². The largest absolute Gasteiger partial charge is 0.493 e. The summed E-state index contributed by atoms with van der Waals surface area (Å²) in [5.74, 6) is 1.77. The molecular formula is C29H28FN9O3. The number of halogens is 1. The number of ether oxygens (including phenoxy) is 2. The van der Waals surface area contributed by atoms with E-state index in [-0.39, 0.29) is 11.6 Å². The van der Waals surface area contributed by atoms with Crippen molar-refractivity contribution < 1.29 is 18.7 Å². The molecule has 1 saturated heterocycles. The van der Waals surface area contributed by atoms with Gasteiger partial charge in [-0.25, -0.2) is 28.8 Å². The summed E-state index contributed by atoms with van der Waals surface area (Å²) < 4.78 is 28.8. The normalized spacial score (nSPS) is 13.7. The molecule has 1 fully saturated rings. The maximum Gasteiger partial charge on any atom is 0.246 e. The van der Waals surface area contributed by atoms with E-state index in [4.69, 9.17) is 14.5 Å². The minimum absolute atomic E-state index is 0.0969. The molecule has 0 radical (unpaired) electrons. The Labute approximate surface area is 240 Å². The zero-order valence-corrected chi connectivity index (χ0v) is 23.1. The maximum atomic E-state index is 15.6. The highest BCUT2D eigenvalue weighted by Gasteiger charge is 2.23. The van der Waals surface area contributed by atoms with E-state index in [1.165, 1.54) is 18.7 Å². The fraction of sp³-hybridized carbons (Fsp3) is 0.241. The van der Waals surface area contributed by atoms with Gasteiger partial charge in [-0.2, -0.15) is 5.10 Å². The molecule has 1 aliphatic heterocycles. The summed E-state index contributed by atoms with van der Waals surface area (Å²) in [5.41, 5.74) is 2.13. The molecule has 42 heavy (non-hydrogen) atoms. The van der Waals surface area contributed by atoms with Crippen LogP contribution in [0.5, 0.6) is 17.2 Å². The van der Waals surface area contributed by atoms with Gasteiger partial charge >= 0.3 is 0 Å². The van der Waals surface area contributed by atoms with Gasteiger partial charge < -0.3 is 24.6 Å². The highest BCUT2D eigenvalue weighted by atomic mass is 19.1. The van der Waals surface area contributed by atoms with Crippen LogP contribution in [-0.2, 0) is 4.79 Å². The Morgan fingerprint density at radius 1 is 1.07 bits per heavy atom. The number of rotatable bonds is 7.